The van der Waals surface area contributed by atoms with Crippen LogP contribution in [0.3, 0.4) is 0 Å². The van der Waals surface area contributed by atoms with Crippen LogP contribution in [-0.4, -0.2) is 9.68 Å². The lowest BCUT2D eigenvalue weighted by atomic mass is 9.89. The maximum atomic E-state index is 6.17. The SMILES string of the molecule is CCCCC(CCCC)(CCCC)[SiH2]N. The number of nitrogens with two attached hydrogens (primary N) is 1. The van der Waals surface area contributed by atoms with Crippen molar-refractivity contribution in [3.8, 4) is 0 Å². The van der Waals surface area contributed by atoms with Crippen molar-refractivity contribution in [2.45, 2.75) is 83.6 Å². The molecule has 0 aromatic heterocycles. The first-order valence-corrected chi connectivity index (χ1v) is 8.47. The zero-order chi connectivity index (χ0) is 11.6. The van der Waals surface area contributed by atoms with E-state index in [1.165, 1.54) is 57.8 Å². The van der Waals surface area contributed by atoms with Crippen LogP contribution in [0.1, 0.15) is 78.6 Å². The van der Waals surface area contributed by atoms with Gasteiger partial charge in [-0.05, 0) is 24.3 Å². The van der Waals surface area contributed by atoms with Gasteiger partial charge in [0.2, 0.25) is 0 Å². The summed E-state index contributed by atoms with van der Waals surface area (Å²) in [4.78, 5) is 0. The molecular formula is C13H31NSi. The number of rotatable bonds is 10. The number of unbranched alkanes of at least 4 members (excludes halogenated alkanes) is 3. The normalized spacial score (nSPS) is 12.8. The molecule has 2 N–H and O–H groups in total. The zero-order valence-electron chi connectivity index (χ0n) is 11.1. The minimum Gasteiger partial charge on any atom is -0.355 e. The first kappa shape index (κ1) is 15.2. The van der Waals surface area contributed by atoms with Gasteiger partial charge in [-0.25, -0.2) is 0 Å². The fourth-order valence-electron chi connectivity index (χ4n) is 2.34. The molecule has 0 unspecified atom stereocenters. The van der Waals surface area contributed by atoms with Gasteiger partial charge in [-0.15, -0.1) is 0 Å². The molecule has 0 aliphatic carbocycles. The van der Waals surface area contributed by atoms with E-state index in [4.69, 9.17) is 5.40 Å². The van der Waals surface area contributed by atoms with E-state index in [0.717, 1.165) is 0 Å². The van der Waals surface area contributed by atoms with E-state index >= 15 is 0 Å². The highest BCUT2D eigenvalue weighted by Gasteiger charge is 2.26. The van der Waals surface area contributed by atoms with Crippen LogP contribution in [0.15, 0.2) is 0 Å². The van der Waals surface area contributed by atoms with Gasteiger partial charge in [0.05, 0.1) is 9.68 Å². The molecule has 0 amide bonds. The minimum absolute atomic E-state index is 0.340. The Morgan fingerprint density at radius 3 is 1.33 bits per heavy atom. The van der Waals surface area contributed by atoms with E-state index in [1.54, 1.807) is 0 Å². The summed E-state index contributed by atoms with van der Waals surface area (Å²) in [6, 6.07) is 0. The van der Waals surface area contributed by atoms with Gasteiger partial charge in [0.1, 0.15) is 0 Å². The molecule has 0 aromatic carbocycles. The van der Waals surface area contributed by atoms with E-state index in [9.17, 15) is 0 Å². The number of hydrogen-bond donors (Lipinski definition) is 1. The van der Waals surface area contributed by atoms with Gasteiger partial charge < -0.3 is 5.40 Å². The monoisotopic (exact) mass is 229 g/mol. The van der Waals surface area contributed by atoms with Crippen LogP contribution in [0.2, 0.25) is 5.04 Å². The van der Waals surface area contributed by atoms with E-state index in [1.807, 2.05) is 0 Å². The van der Waals surface area contributed by atoms with Crippen LogP contribution in [0.5, 0.6) is 0 Å². The molecule has 0 fully saturated rings. The van der Waals surface area contributed by atoms with E-state index in [0.29, 0.717) is 5.04 Å². The van der Waals surface area contributed by atoms with E-state index < -0.39 is 0 Å². The molecule has 0 aromatic rings. The Labute approximate surface area is 99.1 Å². The lowest BCUT2D eigenvalue weighted by Crippen LogP contribution is -2.27. The fraction of sp³-hybridized carbons (Fsp3) is 1.00. The van der Waals surface area contributed by atoms with Crippen LogP contribution >= 0.6 is 0 Å². The van der Waals surface area contributed by atoms with Crippen molar-refractivity contribution in [3.63, 3.8) is 0 Å². The molecule has 2 heteroatoms. The summed E-state index contributed by atoms with van der Waals surface area (Å²) in [6.07, 6.45) is 12.4. The first-order valence-electron chi connectivity index (χ1n) is 6.94. The Balaban J connectivity index is 4.16. The second kappa shape index (κ2) is 9.41. The summed E-state index contributed by atoms with van der Waals surface area (Å²) in [5.41, 5.74) is 0. The average molecular weight is 229 g/mol. The lowest BCUT2D eigenvalue weighted by molar-refractivity contribution is 0.398. The molecule has 1 nitrogen and oxygen atoms in total. The third-order valence-electron chi connectivity index (χ3n) is 3.61. The van der Waals surface area contributed by atoms with Gasteiger partial charge in [0, 0.05) is 0 Å². The molecule has 0 saturated carbocycles. The summed E-state index contributed by atoms with van der Waals surface area (Å²) in [5, 5.41) is 6.78. The van der Waals surface area contributed by atoms with Gasteiger partial charge in [0.15, 0.2) is 0 Å². The minimum atomic E-state index is -0.340. The molecule has 15 heavy (non-hydrogen) atoms. The van der Waals surface area contributed by atoms with Gasteiger partial charge in [0.25, 0.3) is 0 Å². The van der Waals surface area contributed by atoms with Crippen LogP contribution < -0.4 is 5.40 Å². The molecule has 0 saturated heterocycles. The highest BCUT2D eigenvalue weighted by atomic mass is 28.2. The van der Waals surface area contributed by atoms with Gasteiger partial charge in [-0.1, -0.05) is 59.3 Å². The van der Waals surface area contributed by atoms with Crippen molar-refractivity contribution in [1.29, 1.82) is 0 Å². The second-order valence-electron chi connectivity index (χ2n) is 5.01. The Morgan fingerprint density at radius 2 is 1.13 bits per heavy atom. The van der Waals surface area contributed by atoms with Crippen LogP contribution in [0.25, 0.3) is 0 Å². The molecule has 92 valence electrons. The van der Waals surface area contributed by atoms with Crippen LogP contribution in [0, 0.1) is 0 Å². The molecule has 0 atom stereocenters. The quantitative estimate of drug-likeness (QED) is 0.567. The highest BCUT2D eigenvalue weighted by Crippen LogP contribution is 2.41. The van der Waals surface area contributed by atoms with E-state index in [-0.39, 0.29) is 9.68 Å². The molecule has 0 heterocycles. The molecule has 0 spiro atoms. The highest BCUT2D eigenvalue weighted by molar-refractivity contribution is 6.35. The largest absolute Gasteiger partial charge is 0.355 e. The first-order chi connectivity index (χ1) is 7.24. The summed E-state index contributed by atoms with van der Waals surface area (Å²) in [7, 11) is -0.340. The predicted octanol–water partition coefficient (Wildman–Crippen LogP) is 3.76. The Morgan fingerprint density at radius 1 is 0.800 bits per heavy atom. The third kappa shape index (κ3) is 6.36. The van der Waals surface area contributed by atoms with Crippen molar-refractivity contribution in [3.05, 3.63) is 0 Å². The Bertz CT molecular complexity index is 115. The number of hydrogen-bond acceptors (Lipinski definition) is 1. The van der Waals surface area contributed by atoms with Crippen molar-refractivity contribution < 1.29 is 0 Å². The van der Waals surface area contributed by atoms with E-state index in [2.05, 4.69) is 20.8 Å². The summed E-state index contributed by atoms with van der Waals surface area (Å²) in [5.74, 6) is 0. The van der Waals surface area contributed by atoms with Gasteiger partial charge in [-0.3, -0.25) is 0 Å². The molecular weight excluding hydrogens is 198 g/mol. The standard InChI is InChI=1S/C13H31NSi/c1-4-7-10-13(15-14,11-8-5-2)12-9-6-3/h4-12,14-15H2,1-3H3. The van der Waals surface area contributed by atoms with Crippen molar-refractivity contribution in [1.82, 2.24) is 0 Å². The maximum Gasteiger partial charge on any atom is 0.0951 e. The van der Waals surface area contributed by atoms with Crippen molar-refractivity contribution in [2.24, 2.45) is 5.40 Å². The van der Waals surface area contributed by atoms with Crippen molar-refractivity contribution >= 4 is 9.68 Å². The third-order valence-corrected chi connectivity index (χ3v) is 5.54. The summed E-state index contributed by atoms with van der Waals surface area (Å²) in [6.45, 7) is 6.88. The molecule has 0 rings (SSSR count). The van der Waals surface area contributed by atoms with Crippen LogP contribution in [0.4, 0.5) is 0 Å². The average Bonchev–Trinajstić information content (AvgIpc) is 2.29. The summed E-state index contributed by atoms with van der Waals surface area (Å²) < 4.78 is 0. The zero-order valence-corrected chi connectivity index (χ0v) is 12.6. The van der Waals surface area contributed by atoms with Gasteiger partial charge in [-0.2, -0.15) is 0 Å². The molecule has 0 aliphatic heterocycles. The lowest BCUT2D eigenvalue weighted by Gasteiger charge is -2.32. The Hall–Kier alpha value is 0.177. The topological polar surface area (TPSA) is 26.0 Å². The molecule has 0 aliphatic rings. The smallest absolute Gasteiger partial charge is 0.0951 e. The molecule has 0 bridgehead atoms. The predicted molar refractivity (Wildman–Crippen MR) is 74.0 cm³/mol. The Kier molecular flexibility index (Phi) is 9.52. The molecule has 0 radical (unpaired) electrons. The fourth-order valence-corrected chi connectivity index (χ4v) is 3.70. The summed E-state index contributed by atoms with van der Waals surface area (Å²) >= 11 is 0. The van der Waals surface area contributed by atoms with Gasteiger partial charge >= 0.3 is 0 Å². The maximum absolute atomic E-state index is 6.17. The van der Waals surface area contributed by atoms with Crippen LogP contribution in [-0.2, 0) is 0 Å². The second-order valence-corrected chi connectivity index (χ2v) is 6.92. The van der Waals surface area contributed by atoms with Crippen molar-refractivity contribution in [2.75, 3.05) is 0 Å².